The predicted octanol–water partition coefficient (Wildman–Crippen LogP) is 2.02. The number of nitrogens with zero attached hydrogens (tertiary/aromatic N) is 5. The summed E-state index contributed by atoms with van der Waals surface area (Å²) in [6.45, 7) is 9.58. The molecule has 1 N–H and O–H groups in total. The molecule has 7 nitrogen and oxygen atoms in total. The smallest absolute Gasteiger partial charge is 0.223 e. The topological polar surface area (TPSA) is 75.9 Å². The Balaban J connectivity index is 1.69. The van der Waals surface area contributed by atoms with Crippen LogP contribution < -0.4 is 10.2 Å². The first-order chi connectivity index (χ1) is 11.9. The Hall–Kier alpha value is -2.44. The average molecular weight is 342 g/mol. The zero-order chi connectivity index (χ0) is 18.0. The lowest BCUT2D eigenvalue weighted by Gasteiger charge is -2.32. The molecule has 2 aromatic rings. The summed E-state index contributed by atoms with van der Waals surface area (Å²) in [6, 6.07) is 2.21. The fourth-order valence-electron chi connectivity index (χ4n) is 3.23. The van der Waals surface area contributed by atoms with Crippen molar-refractivity contribution in [3.05, 3.63) is 29.8 Å². The van der Waals surface area contributed by atoms with Crippen LogP contribution in [0.5, 0.6) is 0 Å². The van der Waals surface area contributed by atoms with Crippen molar-refractivity contribution in [1.82, 2.24) is 25.1 Å². The van der Waals surface area contributed by atoms with Crippen LogP contribution in [0.15, 0.2) is 18.5 Å². The molecule has 2 aromatic heterocycles. The maximum Gasteiger partial charge on any atom is 0.223 e. The predicted molar refractivity (Wildman–Crippen MR) is 96.8 cm³/mol. The number of anilines is 1. The molecule has 3 heterocycles. The van der Waals surface area contributed by atoms with Gasteiger partial charge in [0, 0.05) is 30.7 Å². The molecule has 1 amide bonds. The summed E-state index contributed by atoms with van der Waals surface area (Å²) < 4.78 is 1.81. The lowest BCUT2D eigenvalue weighted by atomic mass is 9.95. The van der Waals surface area contributed by atoms with Crippen molar-refractivity contribution in [2.75, 3.05) is 18.0 Å². The van der Waals surface area contributed by atoms with Gasteiger partial charge in [-0.25, -0.2) is 9.67 Å². The average Bonchev–Trinajstić information content (AvgIpc) is 2.93. The number of carbonyl (C=O) groups is 1. The number of aryl methyl sites for hydroxylation is 2. The van der Waals surface area contributed by atoms with E-state index in [9.17, 15) is 4.79 Å². The number of amides is 1. The molecular formula is C18H26N6O. The van der Waals surface area contributed by atoms with E-state index >= 15 is 0 Å². The number of aromatic nitrogens is 4. The van der Waals surface area contributed by atoms with Gasteiger partial charge in [0.25, 0.3) is 0 Å². The summed E-state index contributed by atoms with van der Waals surface area (Å²) in [5.74, 6) is 1.82. The first-order valence-electron chi connectivity index (χ1n) is 8.85. The largest absolute Gasteiger partial charge is 0.355 e. The maximum atomic E-state index is 12.2. The van der Waals surface area contributed by atoms with Crippen molar-refractivity contribution in [2.24, 2.45) is 5.92 Å². The van der Waals surface area contributed by atoms with E-state index in [0.717, 1.165) is 49.0 Å². The summed E-state index contributed by atoms with van der Waals surface area (Å²) >= 11 is 0. The highest BCUT2D eigenvalue weighted by Gasteiger charge is 2.26. The third-order valence-corrected chi connectivity index (χ3v) is 4.46. The molecule has 0 aromatic carbocycles. The lowest BCUT2D eigenvalue weighted by Crippen LogP contribution is -2.42. The standard InChI is InChI=1S/C18H26N6O/c1-12(2)20-18(25)15-5-7-23(8-6-15)16-10-19-11-17(21-16)24-14(4)9-13(3)22-24/h9-12,15H,5-8H2,1-4H3,(H,20,25). The lowest BCUT2D eigenvalue weighted by molar-refractivity contribution is -0.126. The molecule has 3 rings (SSSR count). The molecule has 1 fully saturated rings. The van der Waals surface area contributed by atoms with Gasteiger partial charge in [0.15, 0.2) is 5.82 Å². The third-order valence-electron chi connectivity index (χ3n) is 4.46. The first-order valence-corrected chi connectivity index (χ1v) is 8.85. The van der Waals surface area contributed by atoms with Crippen molar-refractivity contribution in [2.45, 2.75) is 46.6 Å². The molecule has 0 saturated carbocycles. The second-order valence-electron chi connectivity index (χ2n) is 7.00. The Morgan fingerprint density at radius 3 is 2.48 bits per heavy atom. The van der Waals surface area contributed by atoms with Crippen molar-refractivity contribution >= 4 is 11.7 Å². The molecule has 0 aliphatic carbocycles. The van der Waals surface area contributed by atoms with Crippen molar-refractivity contribution in [3.63, 3.8) is 0 Å². The van der Waals surface area contributed by atoms with Crippen molar-refractivity contribution < 1.29 is 4.79 Å². The zero-order valence-corrected chi connectivity index (χ0v) is 15.4. The first kappa shape index (κ1) is 17.4. The van der Waals surface area contributed by atoms with E-state index in [1.807, 2.05) is 38.4 Å². The van der Waals surface area contributed by atoms with Crippen LogP contribution in [-0.2, 0) is 4.79 Å². The van der Waals surface area contributed by atoms with Crippen molar-refractivity contribution in [1.29, 1.82) is 0 Å². The van der Waals surface area contributed by atoms with E-state index in [4.69, 9.17) is 4.98 Å². The van der Waals surface area contributed by atoms with Gasteiger partial charge in [0.05, 0.1) is 18.1 Å². The summed E-state index contributed by atoms with van der Waals surface area (Å²) in [6.07, 6.45) is 5.18. The van der Waals surface area contributed by atoms with E-state index in [1.54, 1.807) is 12.4 Å². The van der Waals surface area contributed by atoms with E-state index in [-0.39, 0.29) is 17.9 Å². The molecule has 1 aliphatic heterocycles. The second-order valence-corrected chi connectivity index (χ2v) is 7.00. The van der Waals surface area contributed by atoms with Crippen LogP contribution in [0.4, 0.5) is 5.82 Å². The second kappa shape index (κ2) is 7.21. The summed E-state index contributed by atoms with van der Waals surface area (Å²) in [4.78, 5) is 23.4. The zero-order valence-electron chi connectivity index (χ0n) is 15.4. The molecular weight excluding hydrogens is 316 g/mol. The minimum atomic E-state index is 0.0887. The Morgan fingerprint density at radius 2 is 1.88 bits per heavy atom. The fourth-order valence-corrected chi connectivity index (χ4v) is 3.23. The van der Waals surface area contributed by atoms with Crippen LogP contribution in [0.3, 0.4) is 0 Å². The molecule has 0 radical (unpaired) electrons. The Morgan fingerprint density at radius 1 is 1.20 bits per heavy atom. The molecule has 1 aliphatic rings. The normalized spacial score (nSPS) is 15.6. The molecule has 134 valence electrons. The molecule has 0 unspecified atom stereocenters. The Labute approximate surface area is 148 Å². The monoisotopic (exact) mass is 342 g/mol. The van der Waals surface area contributed by atoms with Crippen LogP contribution in [0.1, 0.15) is 38.1 Å². The quantitative estimate of drug-likeness (QED) is 0.920. The van der Waals surface area contributed by atoms with Gasteiger partial charge in [-0.2, -0.15) is 5.10 Å². The molecule has 1 saturated heterocycles. The van der Waals surface area contributed by atoms with Gasteiger partial charge < -0.3 is 10.2 Å². The molecule has 0 bridgehead atoms. The van der Waals surface area contributed by atoms with Gasteiger partial charge in [-0.05, 0) is 46.6 Å². The fraction of sp³-hybridized carbons (Fsp3) is 0.556. The van der Waals surface area contributed by atoms with Crippen LogP contribution in [-0.4, -0.2) is 44.8 Å². The molecule has 0 spiro atoms. The minimum Gasteiger partial charge on any atom is -0.355 e. The highest BCUT2D eigenvalue weighted by atomic mass is 16.1. The van der Waals surface area contributed by atoms with Crippen LogP contribution in [0.2, 0.25) is 0 Å². The van der Waals surface area contributed by atoms with Gasteiger partial charge in [0.2, 0.25) is 5.91 Å². The SMILES string of the molecule is Cc1cc(C)n(-c2cncc(N3CCC(C(=O)NC(C)C)CC3)n2)n1. The van der Waals surface area contributed by atoms with E-state index in [2.05, 4.69) is 20.3 Å². The van der Waals surface area contributed by atoms with Gasteiger partial charge in [-0.15, -0.1) is 0 Å². The summed E-state index contributed by atoms with van der Waals surface area (Å²) in [5, 5.41) is 7.48. The maximum absolute atomic E-state index is 12.2. The van der Waals surface area contributed by atoms with Crippen LogP contribution in [0.25, 0.3) is 5.82 Å². The number of hydrogen-bond donors (Lipinski definition) is 1. The molecule has 7 heteroatoms. The number of nitrogens with one attached hydrogen (secondary N) is 1. The van der Waals surface area contributed by atoms with Gasteiger partial charge >= 0.3 is 0 Å². The Kier molecular flexibility index (Phi) is 5.01. The van der Waals surface area contributed by atoms with E-state index in [1.165, 1.54) is 0 Å². The van der Waals surface area contributed by atoms with Crippen LogP contribution in [0, 0.1) is 19.8 Å². The Bertz CT molecular complexity index is 746. The molecule has 0 atom stereocenters. The van der Waals surface area contributed by atoms with Gasteiger partial charge in [-0.3, -0.25) is 9.78 Å². The highest BCUT2D eigenvalue weighted by molar-refractivity contribution is 5.79. The number of rotatable bonds is 4. The highest BCUT2D eigenvalue weighted by Crippen LogP contribution is 2.22. The summed E-state index contributed by atoms with van der Waals surface area (Å²) in [7, 11) is 0. The van der Waals surface area contributed by atoms with Gasteiger partial charge in [0.1, 0.15) is 5.82 Å². The van der Waals surface area contributed by atoms with E-state index < -0.39 is 0 Å². The number of hydrogen-bond acceptors (Lipinski definition) is 5. The number of carbonyl (C=O) groups excluding carboxylic acids is 1. The van der Waals surface area contributed by atoms with E-state index in [0.29, 0.717) is 0 Å². The third kappa shape index (κ3) is 3.97. The molecule has 25 heavy (non-hydrogen) atoms. The minimum absolute atomic E-state index is 0.0887. The van der Waals surface area contributed by atoms with Crippen LogP contribution >= 0.6 is 0 Å². The van der Waals surface area contributed by atoms with Gasteiger partial charge in [-0.1, -0.05) is 0 Å². The van der Waals surface area contributed by atoms with Crippen molar-refractivity contribution in [3.8, 4) is 5.82 Å². The number of piperidine rings is 1. The summed E-state index contributed by atoms with van der Waals surface area (Å²) in [5.41, 5.74) is 2.00.